The molecule has 5 heteroatoms. The van der Waals surface area contributed by atoms with Crippen LogP contribution in [0.25, 0.3) is 10.9 Å². The van der Waals surface area contributed by atoms with Gasteiger partial charge in [-0.05, 0) is 26.2 Å². The molecule has 1 aromatic carbocycles. The van der Waals surface area contributed by atoms with Crippen LogP contribution in [0.1, 0.15) is 10.4 Å². The van der Waals surface area contributed by atoms with Crippen LogP contribution in [0.4, 0.5) is 5.82 Å². The molecular formula is C14H18N4O. The van der Waals surface area contributed by atoms with Gasteiger partial charge in [0, 0.05) is 18.5 Å². The van der Waals surface area contributed by atoms with Gasteiger partial charge in [0.25, 0.3) is 5.91 Å². The first-order valence-corrected chi connectivity index (χ1v) is 6.16. The van der Waals surface area contributed by atoms with Crippen molar-refractivity contribution in [2.45, 2.75) is 0 Å². The van der Waals surface area contributed by atoms with Gasteiger partial charge in [-0.2, -0.15) is 0 Å². The molecule has 0 spiro atoms. The Balaban J connectivity index is 2.26. The third-order valence-electron chi connectivity index (χ3n) is 2.83. The van der Waals surface area contributed by atoms with Crippen LogP contribution < -0.4 is 11.1 Å². The van der Waals surface area contributed by atoms with Gasteiger partial charge >= 0.3 is 0 Å². The van der Waals surface area contributed by atoms with Crippen molar-refractivity contribution in [3.05, 3.63) is 35.9 Å². The number of para-hydroxylation sites is 1. The van der Waals surface area contributed by atoms with Crippen LogP contribution in [-0.2, 0) is 0 Å². The van der Waals surface area contributed by atoms with E-state index in [1.54, 1.807) is 6.07 Å². The molecule has 2 aromatic rings. The normalized spacial score (nSPS) is 10.9. The average Bonchev–Trinajstić information content (AvgIpc) is 2.37. The van der Waals surface area contributed by atoms with Gasteiger partial charge in [-0.15, -0.1) is 0 Å². The summed E-state index contributed by atoms with van der Waals surface area (Å²) in [6, 6.07) is 9.11. The largest absolute Gasteiger partial charge is 0.384 e. The van der Waals surface area contributed by atoms with Crippen molar-refractivity contribution in [2.75, 3.05) is 32.9 Å². The van der Waals surface area contributed by atoms with E-state index < -0.39 is 0 Å². The number of nitrogens with zero attached hydrogens (tertiary/aromatic N) is 2. The number of anilines is 1. The fraction of sp³-hybridized carbons (Fsp3) is 0.286. The molecule has 2 rings (SSSR count). The van der Waals surface area contributed by atoms with Crippen molar-refractivity contribution in [2.24, 2.45) is 0 Å². The van der Waals surface area contributed by atoms with Gasteiger partial charge in [0.1, 0.15) is 5.82 Å². The van der Waals surface area contributed by atoms with E-state index in [2.05, 4.69) is 10.3 Å². The first-order chi connectivity index (χ1) is 9.08. The average molecular weight is 258 g/mol. The highest BCUT2D eigenvalue weighted by atomic mass is 16.1. The molecule has 0 radical (unpaired) electrons. The zero-order valence-electron chi connectivity index (χ0n) is 11.2. The maximum absolute atomic E-state index is 12.2. The second-order valence-corrected chi connectivity index (χ2v) is 4.67. The second-order valence-electron chi connectivity index (χ2n) is 4.67. The van der Waals surface area contributed by atoms with E-state index in [9.17, 15) is 4.79 Å². The molecule has 1 aromatic heterocycles. The number of fused-ring (bicyclic) bond motifs is 1. The van der Waals surface area contributed by atoms with Crippen LogP contribution in [0.2, 0.25) is 0 Å². The predicted molar refractivity (Wildman–Crippen MR) is 77.0 cm³/mol. The van der Waals surface area contributed by atoms with E-state index in [-0.39, 0.29) is 5.91 Å². The lowest BCUT2D eigenvalue weighted by Crippen LogP contribution is -2.31. The minimum Gasteiger partial charge on any atom is -0.384 e. The Morgan fingerprint density at radius 2 is 2.11 bits per heavy atom. The number of nitrogen functional groups attached to an aromatic ring is 1. The van der Waals surface area contributed by atoms with E-state index in [0.717, 1.165) is 17.4 Å². The Labute approximate surface area is 112 Å². The maximum atomic E-state index is 12.2. The molecule has 3 N–H and O–H groups in total. The van der Waals surface area contributed by atoms with Crippen LogP contribution >= 0.6 is 0 Å². The van der Waals surface area contributed by atoms with Gasteiger partial charge in [-0.3, -0.25) is 4.79 Å². The summed E-state index contributed by atoms with van der Waals surface area (Å²) in [6.45, 7) is 1.40. The highest BCUT2D eigenvalue weighted by Crippen LogP contribution is 2.19. The van der Waals surface area contributed by atoms with E-state index in [1.807, 2.05) is 43.3 Å². The smallest absolute Gasteiger partial charge is 0.252 e. The monoisotopic (exact) mass is 258 g/mol. The third-order valence-corrected chi connectivity index (χ3v) is 2.83. The molecule has 5 nitrogen and oxygen atoms in total. The molecule has 0 aliphatic carbocycles. The predicted octanol–water partition coefficient (Wildman–Crippen LogP) is 1.11. The van der Waals surface area contributed by atoms with Crippen LogP contribution in [0, 0.1) is 0 Å². The number of nitrogens with one attached hydrogen (secondary N) is 1. The van der Waals surface area contributed by atoms with Crippen LogP contribution in [-0.4, -0.2) is 43.0 Å². The molecule has 0 saturated heterocycles. The highest BCUT2D eigenvalue weighted by molar-refractivity contribution is 6.06. The van der Waals surface area contributed by atoms with Gasteiger partial charge in [0.15, 0.2) is 0 Å². The maximum Gasteiger partial charge on any atom is 0.252 e. The zero-order valence-corrected chi connectivity index (χ0v) is 11.2. The Morgan fingerprint density at radius 3 is 2.84 bits per heavy atom. The molecule has 1 heterocycles. The first-order valence-electron chi connectivity index (χ1n) is 6.16. The Kier molecular flexibility index (Phi) is 3.97. The number of carbonyl (C=O) groups excluding carboxylic acids is 1. The lowest BCUT2D eigenvalue weighted by atomic mass is 10.1. The summed E-state index contributed by atoms with van der Waals surface area (Å²) >= 11 is 0. The second kappa shape index (κ2) is 5.67. The molecule has 1 amide bonds. The van der Waals surface area contributed by atoms with Crippen molar-refractivity contribution in [1.82, 2.24) is 15.2 Å². The summed E-state index contributed by atoms with van der Waals surface area (Å²) < 4.78 is 0. The number of benzene rings is 1. The third kappa shape index (κ3) is 3.20. The van der Waals surface area contributed by atoms with Gasteiger partial charge in [0.05, 0.1) is 11.1 Å². The number of pyridine rings is 1. The zero-order chi connectivity index (χ0) is 13.8. The van der Waals surface area contributed by atoms with E-state index >= 15 is 0 Å². The summed E-state index contributed by atoms with van der Waals surface area (Å²) in [7, 11) is 3.93. The van der Waals surface area contributed by atoms with Crippen LogP contribution in [0.15, 0.2) is 30.3 Å². The van der Waals surface area contributed by atoms with Crippen LogP contribution in [0.3, 0.4) is 0 Å². The molecular weight excluding hydrogens is 240 g/mol. The Morgan fingerprint density at radius 1 is 1.37 bits per heavy atom. The minimum atomic E-state index is -0.118. The number of amides is 1. The quantitative estimate of drug-likeness (QED) is 0.861. The molecule has 0 unspecified atom stereocenters. The van der Waals surface area contributed by atoms with Crippen molar-refractivity contribution in [1.29, 1.82) is 0 Å². The fourth-order valence-electron chi connectivity index (χ4n) is 1.87. The number of carbonyl (C=O) groups is 1. The lowest BCUT2D eigenvalue weighted by molar-refractivity contribution is 0.0952. The summed E-state index contributed by atoms with van der Waals surface area (Å²) in [5.74, 6) is 0.239. The number of hydrogen-bond donors (Lipinski definition) is 2. The minimum absolute atomic E-state index is 0.118. The summed E-state index contributed by atoms with van der Waals surface area (Å²) in [6.07, 6.45) is 0. The number of likely N-dealkylation sites (N-methyl/N-ethyl adjacent to an activating group) is 1. The summed E-state index contributed by atoms with van der Waals surface area (Å²) in [4.78, 5) is 18.4. The van der Waals surface area contributed by atoms with E-state index in [0.29, 0.717) is 17.9 Å². The molecule has 0 aliphatic heterocycles. The first kappa shape index (κ1) is 13.3. The van der Waals surface area contributed by atoms with Gasteiger partial charge < -0.3 is 16.0 Å². The molecule has 0 atom stereocenters. The number of nitrogens with two attached hydrogens (primary N) is 1. The Hall–Kier alpha value is -2.14. The number of aromatic nitrogens is 1. The number of hydrogen-bond acceptors (Lipinski definition) is 4. The fourth-order valence-corrected chi connectivity index (χ4v) is 1.87. The molecule has 19 heavy (non-hydrogen) atoms. The summed E-state index contributed by atoms with van der Waals surface area (Å²) in [5.41, 5.74) is 7.05. The van der Waals surface area contributed by atoms with E-state index in [1.165, 1.54) is 0 Å². The van der Waals surface area contributed by atoms with Crippen molar-refractivity contribution < 1.29 is 4.79 Å². The van der Waals surface area contributed by atoms with Crippen LogP contribution in [0.5, 0.6) is 0 Å². The Bertz CT molecular complexity index is 595. The standard InChI is InChI=1S/C14H18N4O/c1-18(2)8-7-16-14(19)11-9-13(15)17-12-6-4-3-5-10(11)12/h3-6,9H,7-8H2,1-2H3,(H2,15,17)(H,16,19). The van der Waals surface area contributed by atoms with E-state index in [4.69, 9.17) is 5.73 Å². The summed E-state index contributed by atoms with van der Waals surface area (Å²) in [5, 5.41) is 3.70. The van der Waals surface area contributed by atoms with Gasteiger partial charge in [-0.25, -0.2) is 4.98 Å². The van der Waals surface area contributed by atoms with Gasteiger partial charge in [0.2, 0.25) is 0 Å². The van der Waals surface area contributed by atoms with Gasteiger partial charge in [-0.1, -0.05) is 18.2 Å². The van der Waals surface area contributed by atoms with Crippen molar-refractivity contribution >= 4 is 22.6 Å². The molecule has 0 fully saturated rings. The number of rotatable bonds is 4. The van der Waals surface area contributed by atoms with Crippen molar-refractivity contribution in [3.8, 4) is 0 Å². The highest BCUT2D eigenvalue weighted by Gasteiger charge is 2.11. The molecule has 100 valence electrons. The topological polar surface area (TPSA) is 71.2 Å². The lowest BCUT2D eigenvalue weighted by Gasteiger charge is -2.11. The SMILES string of the molecule is CN(C)CCNC(=O)c1cc(N)nc2ccccc12. The molecule has 0 saturated carbocycles. The molecule has 0 bridgehead atoms. The molecule has 0 aliphatic rings. The van der Waals surface area contributed by atoms with Crippen molar-refractivity contribution in [3.63, 3.8) is 0 Å².